The Bertz CT molecular complexity index is 1020. The van der Waals surface area contributed by atoms with E-state index in [0.29, 0.717) is 18.1 Å². The predicted octanol–water partition coefficient (Wildman–Crippen LogP) is 2.72. The lowest BCUT2D eigenvalue weighted by molar-refractivity contribution is 0.0732. The van der Waals surface area contributed by atoms with Gasteiger partial charge in [-0.3, -0.25) is 9.59 Å². The second kappa shape index (κ2) is 5.53. The van der Waals surface area contributed by atoms with Gasteiger partial charge in [0, 0.05) is 49.4 Å². The van der Waals surface area contributed by atoms with Gasteiger partial charge in [-0.25, -0.2) is 0 Å². The highest BCUT2D eigenvalue weighted by atomic mass is 35.5. The summed E-state index contributed by atoms with van der Waals surface area (Å²) in [5.41, 5.74) is 3.05. The van der Waals surface area contributed by atoms with Gasteiger partial charge in [0.15, 0.2) is 0 Å². The highest BCUT2D eigenvalue weighted by Gasteiger charge is 2.26. The fraction of sp³-hybridized carbons (Fsp3) is 0.222. The molecule has 1 N–H and O–H groups in total. The molecule has 3 heterocycles. The number of rotatable bonds is 1. The van der Waals surface area contributed by atoms with Crippen LogP contribution in [0.4, 0.5) is 0 Å². The van der Waals surface area contributed by atoms with E-state index in [1.54, 1.807) is 30.3 Å². The van der Waals surface area contributed by atoms with Crippen molar-refractivity contribution in [3.63, 3.8) is 0 Å². The number of aromatic amines is 1. The fourth-order valence-corrected chi connectivity index (χ4v) is 3.53. The van der Waals surface area contributed by atoms with Gasteiger partial charge in [-0.2, -0.15) is 0 Å². The van der Waals surface area contributed by atoms with Gasteiger partial charge in [-0.05, 0) is 18.2 Å². The molecule has 24 heavy (non-hydrogen) atoms. The lowest BCUT2D eigenvalue weighted by Crippen LogP contribution is -2.39. The van der Waals surface area contributed by atoms with E-state index in [1.807, 2.05) is 18.2 Å². The van der Waals surface area contributed by atoms with Crippen LogP contribution in [-0.2, 0) is 20.0 Å². The summed E-state index contributed by atoms with van der Waals surface area (Å²) in [5.74, 6) is -0.224. The van der Waals surface area contributed by atoms with Crippen molar-refractivity contribution in [2.24, 2.45) is 7.05 Å². The molecule has 1 aliphatic rings. The monoisotopic (exact) mass is 341 g/mol. The summed E-state index contributed by atoms with van der Waals surface area (Å²) in [7, 11) is 1.65. The Morgan fingerprint density at radius 1 is 1.25 bits per heavy atom. The van der Waals surface area contributed by atoms with Crippen LogP contribution in [-0.4, -0.2) is 26.9 Å². The maximum atomic E-state index is 12.8. The van der Waals surface area contributed by atoms with Gasteiger partial charge in [-0.15, -0.1) is 0 Å². The van der Waals surface area contributed by atoms with Crippen molar-refractivity contribution in [2.75, 3.05) is 6.54 Å². The second-order valence-electron chi connectivity index (χ2n) is 6.06. The first-order chi connectivity index (χ1) is 11.6. The van der Waals surface area contributed by atoms with Crippen LogP contribution in [0.1, 0.15) is 21.6 Å². The van der Waals surface area contributed by atoms with Crippen molar-refractivity contribution in [2.45, 2.75) is 13.0 Å². The normalized spacial score (nSPS) is 14.0. The first-order valence-electron chi connectivity index (χ1n) is 7.79. The standard InChI is InChI=1S/C18H16ClN3O2/c1-21-8-3-5-12(17(21)23)18(24)22-9-7-15-13(10-22)11-4-2-6-14(19)16(11)20-15/h2-6,8,20H,7,9-10H2,1H3. The molecule has 1 amide bonds. The van der Waals surface area contributed by atoms with Crippen molar-refractivity contribution in [3.8, 4) is 0 Å². The molecule has 0 saturated heterocycles. The number of hydrogen-bond donors (Lipinski definition) is 1. The molecule has 6 heteroatoms. The molecule has 0 atom stereocenters. The highest BCUT2D eigenvalue weighted by Crippen LogP contribution is 2.31. The number of para-hydroxylation sites is 1. The number of halogens is 1. The first-order valence-corrected chi connectivity index (χ1v) is 8.17. The number of amides is 1. The molecule has 0 fully saturated rings. The molecule has 1 aromatic carbocycles. The largest absolute Gasteiger partial charge is 0.357 e. The van der Waals surface area contributed by atoms with Crippen LogP contribution in [0.2, 0.25) is 5.02 Å². The van der Waals surface area contributed by atoms with Crippen LogP contribution in [0.3, 0.4) is 0 Å². The van der Waals surface area contributed by atoms with Crippen LogP contribution in [0.5, 0.6) is 0 Å². The quantitative estimate of drug-likeness (QED) is 0.740. The number of nitrogens with zero attached hydrogens (tertiary/aromatic N) is 2. The van der Waals surface area contributed by atoms with Crippen LogP contribution in [0, 0.1) is 0 Å². The molecule has 3 aromatic rings. The Morgan fingerprint density at radius 2 is 2.08 bits per heavy atom. The summed E-state index contributed by atoms with van der Waals surface area (Å²) < 4.78 is 1.42. The number of benzene rings is 1. The maximum Gasteiger partial charge on any atom is 0.263 e. The van der Waals surface area contributed by atoms with Crippen LogP contribution >= 0.6 is 11.6 Å². The van der Waals surface area contributed by atoms with Crippen LogP contribution in [0.15, 0.2) is 41.3 Å². The SMILES string of the molecule is Cn1cccc(C(=O)N2CCc3[nH]c4c(Cl)cccc4c3C2)c1=O. The average molecular weight is 342 g/mol. The van der Waals surface area contributed by atoms with Crippen LogP contribution < -0.4 is 5.56 Å². The van der Waals surface area contributed by atoms with Crippen molar-refractivity contribution in [1.82, 2.24) is 14.5 Å². The zero-order valence-electron chi connectivity index (χ0n) is 13.2. The third kappa shape index (κ3) is 2.24. The van der Waals surface area contributed by atoms with E-state index < -0.39 is 0 Å². The van der Waals surface area contributed by atoms with E-state index in [4.69, 9.17) is 11.6 Å². The number of carbonyl (C=O) groups excluding carboxylic acids is 1. The second-order valence-corrected chi connectivity index (χ2v) is 6.47. The number of hydrogen-bond acceptors (Lipinski definition) is 2. The van der Waals surface area contributed by atoms with Gasteiger partial charge < -0.3 is 14.5 Å². The Kier molecular flexibility index (Phi) is 3.46. The van der Waals surface area contributed by atoms with Crippen molar-refractivity contribution < 1.29 is 4.79 Å². The van der Waals surface area contributed by atoms with E-state index in [0.717, 1.165) is 28.6 Å². The first kappa shape index (κ1) is 15.0. The summed E-state index contributed by atoms with van der Waals surface area (Å²) in [6.07, 6.45) is 2.37. The van der Waals surface area contributed by atoms with Crippen LogP contribution in [0.25, 0.3) is 10.9 Å². The molecular weight excluding hydrogens is 326 g/mol. The van der Waals surface area contributed by atoms with Gasteiger partial charge in [0.25, 0.3) is 11.5 Å². The maximum absolute atomic E-state index is 12.8. The molecule has 0 aliphatic carbocycles. The van der Waals surface area contributed by atoms with E-state index in [1.165, 1.54) is 4.57 Å². The molecule has 0 spiro atoms. The lowest BCUT2D eigenvalue weighted by Gasteiger charge is -2.27. The molecule has 1 aliphatic heterocycles. The molecule has 5 nitrogen and oxygen atoms in total. The zero-order chi connectivity index (χ0) is 16.8. The Hall–Kier alpha value is -2.53. The number of H-pyrrole nitrogens is 1. The molecular formula is C18H16ClN3O2. The van der Waals surface area contributed by atoms with Crippen molar-refractivity contribution >= 4 is 28.4 Å². The summed E-state index contributed by atoms with van der Waals surface area (Å²) in [5, 5.41) is 1.72. The molecule has 4 rings (SSSR count). The smallest absolute Gasteiger partial charge is 0.263 e. The Balaban J connectivity index is 1.73. The summed E-state index contributed by atoms with van der Waals surface area (Å²) in [6, 6.07) is 9.07. The number of carbonyl (C=O) groups is 1. The molecule has 0 bridgehead atoms. The third-order valence-electron chi connectivity index (χ3n) is 4.60. The average Bonchev–Trinajstić information content (AvgIpc) is 2.96. The summed E-state index contributed by atoms with van der Waals surface area (Å²) in [6.45, 7) is 1.06. The number of fused-ring (bicyclic) bond motifs is 3. The van der Waals surface area contributed by atoms with E-state index in [2.05, 4.69) is 4.98 Å². The van der Waals surface area contributed by atoms with Crippen molar-refractivity contribution in [3.05, 3.63) is 68.7 Å². The third-order valence-corrected chi connectivity index (χ3v) is 4.92. The topological polar surface area (TPSA) is 58.1 Å². The fourth-order valence-electron chi connectivity index (χ4n) is 3.31. The van der Waals surface area contributed by atoms with Gasteiger partial charge in [-0.1, -0.05) is 23.7 Å². The van der Waals surface area contributed by atoms with Gasteiger partial charge in [0.1, 0.15) is 5.56 Å². The number of pyridine rings is 1. The molecule has 0 saturated carbocycles. The summed E-state index contributed by atoms with van der Waals surface area (Å²) >= 11 is 6.25. The highest BCUT2D eigenvalue weighted by molar-refractivity contribution is 6.35. The van der Waals surface area contributed by atoms with Crippen molar-refractivity contribution in [1.29, 1.82) is 0 Å². The molecule has 0 unspecified atom stereocenters. The minimum Gasteiger partial charge on any atom is -0.357 e. The van der Waals surface area contributed by atoms with Gasteiger partial charge in [0.05, 0.1) is 10.5 Å². The minimum absolute atomic E-state index is 0.210. The Morgan fingerprint density at radius 3 is 2.92 bits per heavy atom. The number of nitrogens with one attached hydrogen (secondary N) is 1. The summed E-state index contributed by atoms with van der Waals surface area (Å²) in [4.78, 5) is 30.1. The van der Waals surface area contributed by atoms with Gasteiger partial charge in [0.2, 0.25) is 0 Å². The zero-order valence-corrected chi connectivity index (χ0v) is 13.9. The molecule has 0 radical (unpaired) electrons. The van der Waals surface area contributed by atoms with Gasteiger partial charge >= 0.3 is 0 Å². The lowest BCUT2D eigenvalue weighted by atomic mass is 10.0. The molecule has 122 valence electrons. The predicted molar refractivity (Wildman–Crippen MR) is 93.4 cm³/mol. The number of aromatic nitrogens is 2. The Labute approximate surface area is 143 Å². The van der Waals surface area contributed by atoms with E-state index in [9.17, 15) is 9.59 Å². The molecule has 2 aromatic heterocycles. The minimum atomic E-state index is -0.268. The van der Waals surface area contributed by atoms with E-state index >= 15 is 0 Å². The van der Waals surface area contributed by atoms with E-state index in [-0.39, 0.29) is 17.0 Å². The number of aryl methyl sites for hydroxylation is 1.